The van der Waals surface area contributed by atoms with E-state index in [0.29, 0.717) is 0 Å². The van der Waals surface area contributed by atoms with Crippen LogP contribution in [0.4, 0.5) is 0 Å². The zero-order valence-electron chi connectivity index (χ0n) is 15.8. The Hall–Kier alpha value is -1.47. The molecule has 0 saturated carbocycles. The van der Waals surface area contributed by atoms with E-state index in [2.05, 4.69) is 15.9 Å². The molecule has 1 atom stereocenters. The quantitative estimate of drug-likeness (QED) is 0.812. The molecular formula is C20H31N3O3. The summed E-state index contributed by atoms with van der Waals surface area (Å²) >= 11 is 0. The number of aliphatic hydroxyl groups is 1. The summed E-state index contributed by atoms with van der Waals surface area (Å²) < 4.78 is 5.38. The lowest BCUT2D eigenvalue weighted by atomic mass is 10.1. The van der Waals surface area contributed by atoms with Crippen LogP contribution in [0.5, 0.6) is 0 Å². The van der Waals surface area contributed by atoms with Crippen molar-refractivity contribution in [2.24, 2.45) is 5.92 Å². The van der Waals surface area contributed by atoms with Crippen LogP contribution in [0.2, 0.25) is 0 Å². The van der Waals surface area contributed by atoms with Gasteiger partial charge in [0.05, 0.1) is 19.8 Å². The van der Waals surface area contributed by atoms with Crippen LogP contribution in [-0.2, 0) is 22.7 Å². The van der Waals surface area contributed by atoms with Crippen LogP contribution in [0.25, 0.3) is 0 Å². The minimum absolute atomic E-state index is 0.0368. The average Bonchev–Trinajstić information content (AvgIpc) is 2.69. The summed E-state index contributed by atoms with van der Waals surface area (Å²) in [4.78, 5) is 19.5. The van der Waals surface area contributed by atoms with E-state index in [0.717, 1.165) is 71.1 Å². The first kappa shape index (κ1) is 19.3. The maximum Gasteiger partial charge on any atom is 0.226 e. The van der Waals surface area contributed by atoms with E-state index in [1.54, 1.807) is 0 Å². The molecule has 0 spiro atoms. The van der Waals surface area contributed by atoms with Gasteiger partial charge in [-0.05, 0) is 11.1 Å². The summed E-state index contributed by atoms with van der Waals surface area (Å²) in [5, 5.41) is 9.48. The monoisotopic (exact) mass is 361 g/mol. The van der Waals surface area contributed by atoms with E-state index in [1.165, 1.54) is 5.56 Å². The highest BCUT2D eigenvalue weighted by molar-refractivity contribution is 5.78. The Morgan fingerprint density at radius 3 is 2.35 bits per heavy atom. The number of carbonyl (C=O) groups excluding carboxylic acids is 1. The summed E-state index contributed by atoms with van der Waals surface area (Å²) in [6, 6.07) is 8.03. The van der Waals surface area contributed by atoms with Crippen molar-refractivity contribution < 1.29 is 14.6 Å². The van der Waals surface area contributed by atoms with Gasteiger partial charge in [0.1, 0.15) is 0 Å². The summed E-state index contributed by atoms with van der Waals surface area (Å²) in [5.74, 6) is 0.307. The number of hydrogen-bond acceptors (Lipinski definition) is 5. The molecule has 1 N–H and O–H groups in total. The van der Waals surface area contributed by atoms with E-state index < -0.39 is 0 Å². The molecule has 2 aliphatic rings. The number of aliphatic hydroxyl groups excluding tert-OH is 1. The van der Waals surface area contributed by atoms with Crippen molar-refractivity contribution in [2.45, 2.75) is 20.1 Å². The van der Waals surface area contributed by atoms with Crippen molar-refractivity contribution in [1.82, 2.24) is 14.7 Å². The topological polar surface area (TPSA) is 56.2 Å². The number of nitrogens with zero attached hydrogens (tertiary/aromatic N) is 3. The van der Waals surface area contributed by atoms with Gasteiger partial charge < -0.3 is 14.7 Å². The van der Waals surface area contributed by atoms with Gasteiger partial charge in [-0.2, -0.15) is 0 Å². The van der Waals surface area contributed by atoms with Gasteiger partial charge in [0, 0.05) is 58.3 Å². The lowest BCUT2D eigenvalue weighted by Crippen LogP contribution is -2.51. The molecule has 2 fully saturated rings. The highest BCUT2D eigenvalue weighted by Gasteiger charge is 2.26. The Labute approximate surface area is 156 Å². The molecule has 2 aliphatic heterocycles. The van der Waals surface area contributed by atoms with Crippen LogP contribution >= 0.6 is 0 Å². The Morgan fingerprint density at radius 1 is 1.04 bits per heavy atom. The minimum Gasteiger partial charge on any atom is -0.392 e. The first-order chi connectivity index (χ1) is 12.7. The number of morpholine rings is 1. The van der Waals surface area contributed by atoms with Crippen LogP contribution in [0.3, 0.4) is 0 Å². The molecule has 0 radical (unpaired) electrons. The Kier molecular flexibility index (Phi) is 7.02. The van der Waals surface area contributed by atoms with Crippen LogP contribution in [0.15, 0.2) is 24.3 Å². The predicted octanol–water partition coefficient (Wildman–Crippen LogP) is 0.791. The molecule has 6 nitrogen and oxygen atoms in total. The SMILES string of the molecule is C[C@H](CN1CCOCC1)C(=O)N1CCN(Cc2ccccc2CO)CC1. The van der Waals surface area contributed by atoms with Crippen molar-refractivity contribution in [1.29, 1.82) is 0 Å². The van der Waals surface area contributed by atoms with Crippen molar-refractivity contribution in [3.8, 4) is 0 Å². The largest absolute Gasteiger partial charge is 0.392 e. The third kappa shape index (κ3) is 5.04. The lowest BCUT2D eigenvalue weighted by Gasteiger charge is -2.37. The molecule has 0 bridgehead atoms. The van der Waals surface area contributed by atoms with E-state index in [-0.39, 0.29) is 18.4 Å². The molecule has 26 heavy (non-hydrogen) atoms. The molecule has 0 unspecified atom stereocenters. The van der Waals surface area contributed by atoms with E-state index in [9.17, 15) is 9.90 Å². The van der Waals surface area contributed by atoms with Gasteiger partial charge in [0.15, 0.2) is 0 Å². The van der Waals surface area contributed by atoms with Gasteiger partial charge in [-0.3, -0.25) is 14.6 Å². The van der Waals surface area contributed by atoms with Crippen LogP contribution in [-0.4, -0.2) is 84.7 Å². The molecule has 0 aromatic heterocycles. The fraction of sp³-hybridized carbons (Fsp3) is 0.650. The number of amides is 1. The summed E-state index contributed by atoms with van der Waals surface area (Å²) in [6.07, 6.45) is 0. The molecule has 3 rings (SSSR count). The summed E-state index contributed by atoms with van der Waals surface area (Å²) in [5.41, 5.74) is 2.17. The van der Waals surface area contributed by atoms with Gasteiger partial charge in [-0.15, -0.1) is 0 Å². The number of hydrogen-bond donors (Lipinski definition) is 1. The molecule has 1 aromatic carbocycles. The number of rotatable bonds is 6. The maximum absolute atomic E-state index is 12.8. The normalized spacial score (nSPS) is 20.9. The molecule has 1 amide bonds. The van der Waals surface area contributed by atoms with Crippen molar-refractivity contribution in [3.63, 3.8) is 0 Å². The first-order valence-corrected chi connectivity index (χ1v) is 9.66. The van der Waals surface area contributed by atoms with Gasteiger partial charge in [0.25, 0.3) is 0 Å². The fourth-order valence-electron chi connectivity index (χ4n) is 3.79. The molecule has 2 heterocycles. The summed E-state index contributed by atoms with van der Waals surface area (Å²) in [6.45, 7) is 10.5. The Bertz CT molecular complexity index is 581. The second-order valence-corrected chi connectivity index (χ2v) is 7.34. The van der Waals surface area contributed by atoms with E-state index in [4.69, 9.17) is 4.74 Å². The molecule has 0 aliphatic carbocycles. The summed E-state index contributed by atoms with van der Waals surface area (Å²) in [7, 11) is 0. The zero-order valence-corrected chi connectivity index (χ0v) is 15.8. The standard InChI is InChI=1S/C20H31N3O3/c1-17(14-22-10-12-26-13-11-22)20(25)23-8-6-21(7-9-23)15-18-4-2-3-5-19(18)16-24/h2-5,17,24H,6-16H2,1H3/t17-/m1/s1. The second-order valence-electron chi connectivity index (χ2n) is 7.34. The van der Waals surface area contributed by atoms with Crippen LogP contribution in [0, 0.1) is 5.92 Å². The van der Waals surface area contributed by atoms with E-state index >= 15 is 0 Å². The molecule has 1 aromatic rings. The lowest BCUT2D eigenvalue weighted by molar-refractivity contribution is -0.137. The third-order valence-electron chi connectivity index (χ3n) is 5.42. The van der Waals surface area contributed by atoms with Gasteiger partial charge in [0.2, 0.25) is 5.91 Å². The number of ether oxygens (including phenoxy) is 1. The van der Waals surface area contributed by atoms with Crippen molar-refractivity contribution in [3.05, 3.63) is 35.4 Å². The highest BCUT2D eigenvalue weighted by Crippen LogP contribution is 2.15. The average molecular weight is 361 g/mol. The zero-order chi connectivity index (χ0) is 18.4. The Morgan fingerprint density at radius 2 is 1.69 bits per heavy atom. The van der Waals surface area contributed by atoms with Crippen molar-refractivity contribution >= 4 is 5.91 Å². The number of benzene rings is 1. The maximum atomic E-state index is 12.8. The van der Waals surface area contributed by atoms with Gasteiger partial charge in [-0.1, -0.05) is 31.2 Å². The van der Waals surface area contributed by atoms with Crippen molar-refractivity contribution in [2.75, 3.05) is 59.0 Å². The minimum atomic E-state index is 0.0368. The van der Waals surface area contributed by atoms with E-state index in [1.807, 2.05) is 30.0 Å². The Balaban J connectivity index is 1.46. The number of piperazine rings is 1. The molecular weight excluding hydrogens is 330 g/mol. The number of carbonyl (C=O) groups is 1. The molecule has 144 valence electrons. The van der Waals surface area contributed by atoms with Crippen LogP contribution in [0.1, 0.15) is 18.1 Å². The highest BCUT2D eigenvalue weighted by atomic mass is 16.5. The van der Waals surface area contributed by atoms with Gasteiger partial charge >= 0.3 is 0 Å². The predicted molar refractivity (Wildman–Crippen MR) is 101 cm³/mol. The fourth-order valence-corrected chi connectivity index (χ4v) is 3.79. The smallest absolute Gasteiger partial charge is 0.226 e. The molecule has 6 heteroatoms. The van der Waals surface area contributed by atoms with Crippen LogP contribution < -0.4 is 0 Å². The molecule has 2 saturated heterocycles. The second kappa shape index (κ2) is 9.46. The first-order valence-electron chi connectivity index (χ1n) is 9.66. The van der Waals surface area contributed by atoms with Gasteiger partial charge in [-0.25, -0.2) is 0 Å². The third-order valence-corrected chi connectivity index (χ3v) is 5.42.